The van der Waals surface area contributed by atoms with E-state index >= 15 is 0 Å². The first-order valence-electron chi connectivity index (χ1n) is 8.96. The number of carbonyl (C=O) groups excluding carboxylic acids is 2. The Labute approximate surface area is 187 Å². The Kier molecular flexibility index (Phi) is 6.40. The van der Waals surface area contributed by atoms with E-state index in [1.165, 1.54) is 29.5 Å². The van der Waals surface area contributed by atoms with Crippen LogP contribution in [0.4, 0.5) is 10.1 Å². The quantitative estimate of drug-likeness (QED) is 0.458. The molecule has 2 amide bonds. The lowest BCUT2D eigenvalue weighted by Crippen LogP contribution is -2.40. The molecule has 3 rings (SSSR count). The number of hydrogen-bond acceptors (Lipinski definition) is 4. The molecule has 2 aromatic carbocycles. The normalized spacial score (nSPS) is 11.2. The Morgan fingerprint density at radius 2 is 1.80 bits per heavy atom. The van der Waals surface area contributed by atoms with Crippen LogP contribution < -0.4 is 16.0 Å². The number of thiocarbonyl (C=S) groups is 1. The van der Waals surface area contributed by atoms with Crippen molar-refractivity contribution in [3.05, 3.63) is 63.7 Å². The molecule has 3 N–H and O–H groups in total. The summed E-state index contributed by atoms with van der Waals surface area (Å²) in [4.78, 5) is 25.3. The van der Waals surface area contributed by atoms with Gasteiger partial charge < -0.3 is 10.6 Å². The summed E-state index contributed by atoms with van der Waals surface area (Å²) < 4.78 is 14.0. The van der Waals surface area contributed by atoms with Crippen molar-refractivity contribution in [2.45, 2.75) is 26.3 Å². The summed E-state index contributed by atoms with van der Waals surface area (Å²) in [5.74, 6) is -1.31. The van der Waals surface area contributed by atoms with Crippen molar-refractivity contribution in [1.82, 2.24) is 10.6 Å². The number of anilines is 1. The summed E-state index contributed by atoms with van der Waals surface area (Å²) in [6, 6.07) is 10.6. The molecule has 3 aromatic rings. The molecule has 0 radical (unpaired) electrons. The van der Waals surface area contributed by atoms with E-state index < -0.39 is 17.3 Å². The Bertz CT molecular complexity index is 1150. The molecule has 1 aromatic heterocycles. The smallest absolute Gasteiger partial charge is 0.263 e. The molecule has 0 aliphatic rings. The van der Waals surface area contributed by atoms with Crippen molar-refractivity contribution in [2.24, 2.45) is 0 Å². The van der Waals surface area contributed by atoms with Crippen LogP contribution in [0.25, 0.3) is 10.1 Å². The first-order chi connectivity index (χ1) is 14.0. The van der Waals surface area contributed by atoms with E-state index in [2.05, 4.69) is 16.0 Å². The number of halogens is 2. The number of nitrogens with one attached hydrogen (secondary N) is 3. The molecule has 0 spiro atoms. The van der Waals surface area contributed by atoms with Crippen LogP contribution in [0.2, 0.25) is 5.02 Å². The number of hydrogen-bond donors (Lipinski definition) is 3. The van der Waals surface area contributed by atoms with Gasteiger partial charge in [-0.05, 0) is 57.3 Å². The Morgan fingerprint density at radius 1 is 1.10 bits per heavy atom. The van der Waals surface area contributed by atoms with Crippen LogP contribution in [0.5, 0.6) is 0 Å². The van der Waals surface area contributed by atoms with Crippen LogP contribution in [-0.2, 0) is 0 Å². The van der Waals surface area contributed by atoms with Gasteiger partial charge in [-0.1, -0.05) is 29.8 Å². The summed E-state index contributed by atoms with van der Waals surface area (Å²) in [6.07, 6.45) is 0. The highest BCUT2D eigenvalue weighted by atomic mass is 35.5. The molecule has 0 unspecified atom stereocenters. The molecule has 0 saturated carbocycles. The molecular formula is C21H19ClFN3O2S2. The Hall–Kier alpha value is -2.55. The van der Waals surface area contributed by atoms with Crippen molar-refractivity contribution in [1.29, 1.82) is 0 Å². The minimum Gasteiger partial charge on any atom is -0.347 e. The van der Waals surface area contributed by atoms with E-state index in [1.807, 2.05) is 26.8 Å². The minimum atomic E-state index is -0.534. The van der Waals surface area contributed by atoms with Gasteiger partial charge in [0, 0.05) is 16.5 Å². The van der Waals surface area contributed by atoms with Crippen LogP contribution in [0, 0.1) is 5.82 Å². The maximum Gasteiger partial charge on any atom is 0.263 e. The fraction of sp³-hybridized carbons (Fsp3) is 0.190. The van der Waals surface area contributed by atoms with Gasteiger partial charge in [0.1, 0.15) is 10.7 Å². The van der Waals surface area contributed by atoms with Crippen LogP contribution in [0.15, 0.2) is 42.5 Å². The second kappa shape index (κ2) is 8.67. The maximum atomic E-state index is 13.3. The van der Waals surface area contributed by atoms with Crippen molar-refractivity contribution in [3.63, 3.8) is 0 Å². The predicted molar refractivity (Wildman–Crippen MR) is 124 cm³/mol. The van der Waals surface area contributed by atoms with E-state index in [1.54, 1.807) is 12.1 Å². The van der Waals surface area contributed by atoms with Gasteiger partial charge in [0.2, 0.25) is 0 Å². The average Bonchev–Trinajstić information content (AvgIpc) is 2.98. The van der Waals surface area contributed by atoms with Crippen molar-refractivity contribution in [2.75, 3.05) is 5.32 Å². The third-order valence-electron chi connectivity index (χ3n) is 3.91. The number of amides is 2. The summed E-state index contributed by atoms with van der Waals surface area (Å²) in [5, 5.41) is 9.47. The zero-order valence-corrected chi connectivity index (χ0v) is 18.8. The largest absolute Gasteiger partial charge is 0.347 e. The number of rotatable bonds is 3. The standard InChI is InChI=1S/C21H19ClFN3O2S2/c1-21(2,3)26-19(28)17-15(22)13-8-5-9-14(16(13)30-17)24-20(29)25-18(27)11-6-4-7-12(23)10-11/h4-10H,1-3H3,(H,26,28)(H2,24,25,27,29). The third-order valence-corrected chi connectivity index (χ3v) is 5.86. The minimum absolute atomic E-state index is 0.0435. The van der Waals surface area contributed by atoms with E-state index in [0.717, 1.165) is 10.8 Å². The highest BCUT2D eigenvalue weighted by molar-refractivity contribution is 7.80. The van der Waals surface area contributed by atoms with Crippen LogP contribution >= 0.6 is 35.2 Å². The molecule has 0 atom stereocenters. The number of fused-ring (bicyclic) bond motifs is 1. The maximum absolute atomic E-state index is 13.3. The molecule has 1 heterocycles. The fourth-order valence-corrected chi connectivity index (χ4v) is 4.36. The Morgan fingerprint density at radius 3 is 2.47 bits per heavy atom. The first kappa shape index (κ1) is 22.1. The zero-order valence-electron chi connectivity index (χ0n) is 16.4. The first-order valence-corrected chi connectivity index (χ1v) is 10.6. The number of thiophene rings is 1. The molecule has 0 fully saturated rings. The fourth-order valence-electron chi connectivity index (χ4n) is 2.69. The summed E-state index contributed by atoms with van der Waals surface area (Å²) in [5.41, 5.74) is 0.344. The lowest BCUT2D eigenvalue weighted by molar-refractivity contribution is 0.0922. The molecule has 156 valence electrons. The molecule has 0 aliphatic carbocycles. The van der Waals surface area contributed by atoms with Crippen molar-refractivity contribution < 1.29 is 14.0 Å². The van der Waals surface area contributed by atoms with Crippen LogP contribution in [0.3, 0.4) is 0 Å². The lowest BCUT2D eigenvalue weighted by Gasteiger charge is -2.19. The molecule has 30 heavy (non-hydrogen) atoms. The summed E-state index contributed by atoms with van der Waals surface area (Å²) in [6.45, 7) is 5.66. The summed E-state index contributed by atoms with van der Waals surface area (Å²) in [7, 11) is 0. The highest BCUT2D eigenvalue weighted by Gasteiger charge is 2.22. The Balaban J connectivity index is 1.82. The predicted octanol–water partition coefficient (Wildman–Crippen LogP) is 5.35. The lowest BCUT2D eigenvalue weighted by atomic mass is 10.1. The molecule has 5 nitrogen and oxygen atoms in total. The van der Waals surface area contributed by atoms with Gasteiger partial charge in [0.15, 0.2) is 5.11 Å². The topological polar surface area (TPSA) is 70.2 Å². The average molecular weight is 464 g/mol. The summed E-state index contributed by atoms with van der Waals surface area (Å²) >= 11 is 12.9. The number of benzene rings is 2. The number of carbonyl (C=O) groups is 2. The second-order valence-electron chi connectivity index (χ2n) is 7.55. The van der Waals surface area contributed by atoms with Gasteiger partial charge in [0.05, 0.1) is 15.4 Å². The van der Waals surface area contributed by atoms with E-state index in [9.17, 15) is 14.0 Å². The van der Waals surface area contributed by atoms with Crippen molar-refractivity contribution >= 4 is 67.9 Å². The third kappa shape index (κ3) is 5.13. The van der Waals surface area contributed by atoms with Gasteiger partial charge in [-0.25, -0.2) is 4.39 Å². The second-order valence-corrected chi connectivity index (χ2v) is 9.36. The van der Waals surface area contributed by atoms with Gasteiger partial charge in [-0.15, -0.1) is 11.3 Å². The SMILES string of the molecule is CC(C)(C)NC(=O)c1sc2c(NC(=S)NC(=O)c3cccc(F)c3)cccc2c1Cl. The highest BCUT2D eigenvalue weighted by Crippen LogP contribution is 2.39. The molecule has 0 aliphatic heterocycles. The van der Waals surface area contributed by atoms with Crippen molar-refractivity contribution in [3.8, 4) is 0 Å². The van der Waals surface area contributed by atoms with Gasteiger partial charge in [-0.2, -0.15) is 0 Å². The molecule has 0 saturated heterocycles. The molecule has 0 bridgehead atoms. The van der Waals surface area contributed by atoms with Gasteiger partial charge in [-0.3, -0.25) is 14.9 Å². The molecule has 9 heteroatoms. The van der Waals surface area contributed by atoms with E-state index in [4.69, 9.17) is 23.8 Å². The van der Waals surface area contributed by atoms with Gasteiger partial charge in [0.25, 0.3) is 11.8 Å². The van der Waals surface area contributed by atoms with Gasteiger partial charge >= 0.3 is 0 Å². The zero-order chi connectivity index (χ0) is 22.1. The monoisotopic (exact) mass is 463 g/mol. The van der Waals surface area contributed by atoms with E-state index in [-0.39, 0.29) is 16.6 Å². The van der Waals surface area contributed by atoms with Crippen LogP contribution in [0.1, 0.15) is 40.8 Å². The van der Waals surface area contributed by atoms with Crippen LogP contribution in [-0.4, -0.2) is 22.5 Å². The molecular weight excluding hydrogens is 445 g/mol. The van der Waals surface area contributed by atoms with E-state index in [0.29, 0.717) is 21.0 Å².